The molecule has 0 aliphatic carbocycles. The van der Waals surface area contributed by atoms with Crippen LogP contribution in [-0.4, -0.2) is 68.5 Å². The van der Waals surface area contributed by atoms with Gasteiger partial charge in [0.2, 0.25) is 11.9 Å². The fourth-order valence-corrected chi connectivity index (χ4v) is 4.16. The summed E-state index contributed by atoms with van der Waals surface area (Å²) < 4.78 is 51.8. The van der Waals surface area contributed by atoms with E-state index >= 15 is 0 Å². The van der Waals surface area contributed by atoms with E-state index in [0.29, 0.717) is 75.5 Å². The van der Waals surface area contributed by atoms with E-state index in [4.69, 9.17) is 9.47 Å². The molecule has 2 fully saturated rings. The molecule has 0 atom stereocenters. The average molecular weight is 496 g/mol. The molecular weight excluding hydrogens is 467 g/mol. The lowest BCUT2D eigenvalue weighted by Gasteiger charge is -2.29. The zero-order valence-electron chi connectivity index (χ0n) is 19.4. The summed E-state index contributed by atoms with van der Waals surface area (Å²) in [5, 5.41) is 2.36. The second kappa shape index (κ2) is 10.6. The highest BCUT2D eigenvalue weighted by atomic mass is 19.4. The Morgan fingerprint density at radius 1 is 1.09 bits per heavy atom. The van der Waals surface area contributed by atoms with E-state index in [2.05, 4.69) is 15.3 Å². The summed E-state index contributed by atoms with van der Waals surface area (Å²) in [5.41, 5.74) is -0.360. The Balaban J connectivity index is 1.44. The van der Waals surface area contributed by atoms with Crippen LogP contribution in [0.4, 0.5) is 30.5 Å². The first-order valence-corrected chi connectivity index (χ1v) is 11.5. The molecule has 4 rings (SSSR count). The SMILES string of the molecule is Cc1nc(N2CCOCC2)[nH]c(=O)c1CCC(=O)Nc1ccc(N2CCOCC2)cc1C(F)(F)F. The number of hydrogen-bond acceptors (Lipinski definition) is 7. The zero-order valence-corrected chi connectivity index (χ0v) is 19.4. The van der Waals surface area contributed by atoms with Gasteiger partial charge in [0.15, 0.2) is 0 Å². The smallest absolute Gasteiger partial charge is 0.378 e. The minimum Gasteiger partial charge on any atom is -0.378 e. The van der Waals surface area contributed by atoms with Crippen LogP contribution in [0.5, 0.6) is 0 Å². The van der Waals surface area contributed by atoms with Gasteiger partial charge in [-0.3, -0.25) is 14.6 Å². The fraction of sp³-hybridized carbons (Fsp3) is 0.522. The number of rotatable bonds is 6. The number of carbonyl (C=O) groups excluding carboxylic acids is 1. The molecule has 190 valence electrons. The maximum Gasteiger partial charge on any atom is 0.418 e. The molecule has 2 aliphatic rings. The highest BCUT2D eigenvalue weighted by Gasteiger charge is 2.35. The van der Waals surface area contributed by atoms with Crippen molar-refractivity contribution in [3.8, 4) is 0 Å². The third kappa shape index (κ3) is 6.12. The van der Waals surface area contributed by atoms with Gasteiger partial charge in [0, 0.05) is 49.5 Å². The Morgan fingerprint density at radius 3 is 2.31 bits per heavy atom. The molecule has 2 aromatic rings. The molecule has 0 spiro atoms. The number of H-pyrrole nitrogens is 1. The summed E-state index contributed by atoms with van der Waals surface area (Å²) in [4.78, 5) is 36.0. The van der Waals surface area contributed by atoms with Crippen LogP contribution in [0.25, 0.3) is 0 Å². The Bertz CT molecular complexity index is 1110. The number of ether oxygens (including phenoxy) is 2. The first kappa shape index (κ1) is 25.0. The lowest BCUT2D eigenvalue weighted by molar-refractivity contribution is -0.136. The number of halogens is 3. The van der Waals surface area contributed by atoms with Gasteiger partial charge in [-0.2, -0.15) is 13.2 Å². The fourth-order valence-electron chi connectivity index (χ4n) is 4.16. The van der Waals surface area contributed by atoms with Gasteiger partial charge in [0.05, 0.1) is 37.7 Å². The van der Waals surface area contributed by atoms with Crippen LogP contribution in [0.3, 0.4) is 0 Å². The molecule has 2 saturated heterocycles. The van der Waals surface area contributed by atoms with Gasteiger partial charge in [0.25, 0.3) is 5.56 Å². The molecule has 35 heavy (non-hydrogen) atoms. The standard InChI is InChI=1S/C23H28F3N5O4/c1-15-17(21(33)29-22(27-15)31-8-12-35-13-9-31)3-5-20(32)28-19-4-2-16(14-18(19)23(24,25)26)30-6-10-34-11-7-30/h2,4,14H,3,5-13H2,1H3,(H,28,32)(H,27,29,33). The largest absolute Gasteiger partial charge is 0.418 e. The summed E-state index contributed by atoms with van der Waals surface area (Å²) in [6.07, 6.45) is -4.75. The minimum absolute atomic E-state index is 0.0522. The number of alkyl halides is 3. The molecule has 3 heterocycles. The van der Waals surface area contributed by atoms with Gasteiger partial charge in [-0.15, -0.1) is 0 Å². The van der Waals surface area contributed by atoms with E-state index in [1.165, 1.54) is 6.07 Å². The number of nitrogens with zero attached hydrogens (tertiary/aromatic N) is 3. The molecular formula is C23H28F3N5O4. The van der Waals surface area contributed by atoms with E-state index in [0.717, 1.165) is 6.07 Å². The van der Waals surface area contributed by atoms with E-state index < -0.39 is 17.6 Å². The Morgan fingerprint density at radius 2 is 1.71 bits per heavy atom. The number of aromatic amines is 1. The van der Waals surface area contributed by atoms with Gasteiger partial charge in [-0.05, 0) is 31.5 Å². The normalized spacial score (nSPS) is 16.9. The van der Waals surface area contributed by atoms with Gasteiger partial charge in [-0.1, -0.05) is 0 Å². The number of benzene rings is 1. The van der Waals surface area contributed by atoms with Gasteiger partial charge < -0.3 is 24.6 Å². The van der Waals surface area contributed by atoms with Crippen molar-refractivity contribution in [3.05, 3.63) is 45.4 Å². The van der Waals surface area contributed by atoms with Crippen molar-refractivity contribution in [2.24, 2.45) is 0 Å². The van der Waals surface area contributed by atoms with Gasteiger partial charge in [0.1, 0.15) is 0 Å². The molecule has 0 unspecified atom stereocenters. The number of aromatic nitrogens is 2. The molecule has 12 heteroatoms. The van der Waals surface area contributed by atoms with E-state index in [1.807, 2.05) is 9.80 Å². The van der Waals surface area contributed by atoms with Crippen LogP contribution in [0.1, 0.15) is 23.2 Å². The Hall–Kier alpha value is -3.12. The van der Waals surface area contributed by atoms with Crippen LogP contribution >= 0.6 is 0 Å². The highest BCUT2D eigenvalue weighted by molar-refractivity contribution is 5.92. The molecule has 1 aromatic carbocycles. The van der Waals surface area contributed by atoms with E-state index in [-0.39, 0.29) is 24.1 Å². The maximum atomic E-state index is 13.7. The molecule has 0 bridgehead atoms. The summed E-state index contributed by atoms with van der Waals surface area (Å²) in [5.74, 6) is -0.176. The number of hydrogen-bond donors (Lipinski definition) is 2. The van der Waals surface area contributed by atoms with Crippen LogP contribution in [0.15, 0.2) is 23.0 Å². The van der Waals surface area contributed by atoms with Gasteiger partial charge >= 0.3 is 6.18 Å². The van der Waals surface area contributed by atoms with E-state index in [9.17, 15) is 22.8 Å². The van der Waals surface area contributed by atoms with Crippen molar-refractivity contribution in [3.63, 3.8) is 0 Å². The highest BCUT2D eigenvalue weighted by Crippen LogP contribution is 2.37. The van der Waals surface area contributed by atoms with Crippen molar-refractivity contribution < 1.29 is 27.4 Å². The molecule has 1 aromatic heterocycles. The van der Waals surface area contributed by atoms with Crippen LogP contribution < -0.4 is 20.7 Å². The van der Waals surface area contributed by atoms with Crippen LogP contribution in [-0.2, 0) is 26.9 Å². The Labute approximate surface area is 200 Å². The third-order valence-electron chi connectivity index (χ3n) is 6.08. The van der Waals surface area contributed by atoms with Crippen molar-refractivity contribution in [1.82, 2.24) is 9.97 Å². The lowest BCUT2D eigenvalue weighted by Crippen LogP contribution is -2.38. The number of nitrogens with one attached hydrogen (secondary N) is 2. The molecule has 2 aliphatic heterocycles. The summed E-state index contributed by atoms with van der Waals surface area (Å²) in [6, 6.07) is 3.87. The molecule has 0 saturated carbocycles. The second-order valence-electron chi connectivity index (χ2n) is 8.43. The van der Waals surface area contributed by atoms with Crippen LogP contribution in [0.2, 0.25) is 0 Å². The van der Waals surface area contributed by atoms with Crippen molar-refractivity contribution in [1.29, 1.82) is 0 Å². The van der Waals surface area contributed by atoms with Crippen molar-refractivity contribution in [2.45, 2.75) is 25.9 Å². The Kier molecular flexibility index (Phi) is 7.60. The topological polar surface area (TPSA) is 99.8 Å². The molecule has 9 nitrogen and oxygen atoms in total. The number of aryl methyl sites for hydroxylation is 1. The first-order chi connectivity index (χ1) is 16.7. The summed E-state index contributed by atoms with van der Waals surface area (Å²) in [7, 11) is 0. The molecule has 2 N–H and O–H groups in total. The minimum atomic E-state index is -4.64. The molecule has 0 radical (unpaired) electrons. The van der Waals surface area contributed by atoms with Crippen LogP contribution in [0, 0.1) is 6.92 Å². The van der Waals surface area contributed by atoms with E-state index in [1.54, 1.807) is 13.0 Å². The number of anilines is 3. The summed E-state index contributed by atoms with van der Waals surface area (Å²) >= 11 is 0. The maximum absolute atomic E-state index is 13.7. The summed E-state index contributed by atoms with van der Waals surface area (Å²) in [6.45, 7) is 5.85. The predicted octanol–water partition coefficient (Wildman–Crippen LogP) is 2.34. The molecule has 1 amide bonds. The second-order valence-corrected chi connectivity index (χ2v) is 8.43. The van der Waals surface area contributed by atoms with Crippen molar-refractivity contribution >= 4 is 23.2 Å². The lowest BCUT2D eigenvalue weighted by atomic mass is 10.1. The average Bonchev–Trinajstić information content (AvgIpc) is 2.84. The number of carbonyl (C=O) groups is 1. The van der Waals surface area contributed by atoms with Gasteiger partial charge in [-0.25, -0.2) is 4.98 Å². The predicted molar refractivity (Wildman–Crippen MR) is 124 cm³/mol. The quantitative estimate of drug-likeness (QED) is 0.635. The van der Waals surface area contributed by atoms with Crippen molar-refractivity contribution in [2.75, 3.05) is 67.7 Å². The monoisotopic (exact) mass is 495 g/mol. The first-order valence-electron chi connectivity index (χ1n) is 11.5. The third-order valence-corrected chi connectivity index (χ3v) is 6.08. The number of amides is 1. The zero-order chi connectivity index (χ0) is 25.0. The number of morpholine rings is 2.